The normalized spacial score (nSPS) is 12.7. The molecule has 3 N–H and O–H groups in total. The third kappa shape index (κ3) is 3.23. The van der Waals surface area contributed by atoms with Gasteiger partial charge in [-0.25, -0.2) is 4.79 Å². The largest absolute Gasteiger partial charge is 0.481 e. The molecular formula is C13H16N2O4. The first-order chi connectivity index (χ1) is 9.10. The number of aliphatic carboxylic acids is 1. The van der Waals surface area contributed by atoms with Crippen molar-refractivity contribution in [2.75, 3.05) is 6.54 Å². The van der Waals surface area contributed by atoms with Crippen LogP contribution in [0.4, 0.5) is 0 Å². The maximum absolute atomic E-state index is 11.0. The van der Waals surface area contributed by atoms with E-state index in [2.05, 4.69) is 10.3 Å². The van der Waals surface area contributed by atoms with Gasteiger partial charge in [0.15, 0.2) is 5.58 Å². The summed E-state index contributed by atoms with van der Waals surface area (Å²) >= 11 is 0. The van der Waals surface area contributed by atoms with Gasteiger partial charge in [0.1, 0.15) is 0 Å². The topological polar surface area (TPSA) is 95.3 Å². The molecule has 6 nitrogen and oxygen atoms in total. The van der Waals surface area contributed by atoms with Crippen molar-refractivity contribution in [3.8, 4) is 0 Å². The van der Waals surface area contributed by atoms with E-state index in [4.69, 9.17) is 9.52 Å². The molecule has 1 aromatic carbocycles. The van der Waals surface area contributed by atoms with Crippen molar-refractivity contribution in [2.45, 2.75) is 19.9 Å². The van der Waals surface area contributed by atoms with Crippen LogP contribution < -0.4 is 11.1 Å². The Bertz CT molecular complexity index is 629. The lowest BCUT2D eigenvalue weighted by molar-refractivity contribution is -0.141. The van der Waals surface area contributed by atoms with Crippen molar-refractivity contribution in [2.24, 2.45) is 5.92 Å². The van der Waals surface area contributed by atoms with Gasteiger partial charge in [0.2, 0.25) is 0 Å². The summed E-state index contributed by atoms with van der Waals surface area (Å²) in [6.45, 7) is 2.82. The lowest BCUT2D eigenvalue weighted by Crippen LogP contribution is -2.27. The number of aromatic amines is 1. The molecule has 19 heavy (non-hydrogen) atoms. The summed E-state index contributed by atoms with van der Waals surface area (Å²) in [4.78, 5) is 24.5. The molecule has 0 aliphatic carbocycles. The zero-order valence-electron chi connectivity index (χ0n) is 10.6. The average molecular weight is 264 g/mol. The van der Waals surface area contributed by atoms with Gasteiger partial charge < -0.3 is 14.8 Å². The van der Waals surface area contributed by atoms with E-state index in [0.29, 0.717) is 30.6 Å². The number of fused-ring (bicyclic) bond motifs is 1. The first-order valence-corrected chi connectivity index (χ1v) is 6.15. The van der Waals surface area contributed by atoms with Gasteiger partial charge in [0.05, 0.1) is 11.4 Å². The van der Waals surface area contributed by atoms with Crippen molar-refractivity contribution in [3.05, 3.63) is 34.3 Å². The summed E-state index contributed by atoms with van der Waals surface area (Å²) in [5, 5.41) is 12.0. The Hall–Kier alpha value is -2.08. The van der Waals surface area contributed by atoms with Crippen LogP contribution in [0, 0.1) is 5.92 Å². The number of rotatable bonds is 6. The number of hydrogen-bond acceptors (Lipinski definition) is 4. The lowest BCUT2D eigenvalue weighted by atomic mass is 10.1. The highest BCUT2D eigenvalue weighted by Gasteiger charge is 2.13. The van der Waals surface area contributed by atoms with E-state index in [-0.39, 0.29) is 5.92 Å². The Morgan fingerprint density at radius 3 is 3.00 bits per heavy atom. The second-order valence-corrected chi connectivity index (χ2v) is 4.42. The van der Waals surface area contributed by atoms with E-state index in [9.17, 15) is 9.59 Å². The number of oxazole rings is 1. The molecule has 0 radical (unpaired) electrons. The van der Waals surface area contributed by atoms with Gasteiger partial charge in [-0.1, -0.05) is 13.0 Å². The molecule has 0 amide bonds. The van der Waals surface area contributed by atoms with E-state index < -0.39 is 11.7 Å². The quantitative estimate of drug-likeness (QED) is 0.731. The minimum Gasteiger partial charge on any atom is -0.481 e. The van der Waals surface area contributed by atoms with E-state index in [1.165, 1.54) is 0 Å². The standard InChI is InChI=1S/C13H16N2O4/c1-2-9(12(16)17)7-14-6-8-3-4-11-10(5-8)15-13(18)19-11/h3-5,9,14H,2,6-7H2,1H3,(H,15,18)(H,16,17). The van der Waals surface area contributed by atoms with Crippen LogP contribution in [0.15, 0.2) is 27.4 Å². The maximum atomic E-state index is 11.0. The molecule has 0 spiro atoms. The van der Waals surface area contributed by atoms with Crippen molar-refractivity contribution < 1.29 is 14.3 Å². The maximum Gasteiger partial charge on any atom is 0.417 e. The highest BCUT2D eigenvalue weighted by Crippen LogP contribution is 2.12. The van der Waals surface area contributed by atoms with E-state index in [1.807, 2.05) is 19.1 Å². The molecule has 0 saturated carbocycles. The van der Waals surface area contributed by atoms with Crippen LogP contribution in [0.5, 0.6) is 0 Å². The number of carboxylic acid groups (broad SMARTS) is 1. The smallest absolute Gasteiger partial charge is 0.417 e. The Morgan fingerprint density at radius 2 is 2.32 bits per heavy atom. The third-order valence-electron chi connectivity index (χ3n) is 3.05. The number of carbonyl (C=O) groups is 1. The Balaban J connectivity index is 1.98. The first-order valence-electron chi connectivity index (χ1n) is 6.15. The fourth-order valence-electron chi connectivity index (χ4n) is 1.91. The predicted molar refractivity (Wildman–Crippen MR) is 70.0 cm³/mol. The summed E-state index contributed by atoms with van der Waals surface area (Å²) in [5.74, 6) is -1.64. The highest BCUT2D eigenvalue weighted by molar-refractivity contribution is 5.72. The van der Waals surface area contributed by atoms with E-state index in [0.717, 1.165) is 5.56 Å². The molecule has 0 fully saturated rings. The van der Waals surface area contributed by atoms with Gasteiger partial charge in [-0.2, -0.15) is 0 Å². The summed E-state index contributed by atoms with van der Waals surface area (Å²) in [7, 11) is 0. The zero-order chi connectivity index (χ0) is 13.8. The summed E-state index contributed by atoms with van der Waals surface area (Å²) in [6, 6.07) is 5.38. The molecule has 0 bridgehead atoms. The van der Waals surface area contributed by atoms with Gasteiger partial charge >= 0.3 is 11.7 Å². The molecule has 1 unspecified atom stereocenters. The summed E-state index contributed by atoms with van der Waals surface area (Å²) in [6.07, 6.45) is 0.594. The van der Waals surface area contributed by atoms with Gasteiger partial charge in [0.25, 0.3) is 0 Å². The van der Waals surface area contributed by atoms with Crippen LogP contribution in [0.1, 0.15) is 18.9 Å². The molecule has 1 atom stereocenters. The molecule has 0 saturated heterocycles. The lowest BCUT2D eigenvalue weighted by Gasteiger charge is -2.10. The van der Waals surface area contributed by atoms with Crippen LogP contribution in [0.25, 0.3) is 11.1 Å². The van der Waals surface area contributed by atoms with Crippen LogP contribution >= 0.6 is 0 Å². The van der Waals surface area contributed by atoms with Crippen LogP contribution in [0.2, 0.25) is 0 Å². The molecular weight excluding hydrogens is 248 g/mol. The van der Waals surface area contributed by atoms with Crippen molar-refractivity contribution in [1.29, 1.82) is 0 Å². The van der Waals surface area contributed by atoms with Crippen molar-refractivity contribution in [3.63, 3.8) is 0 Å². The molecule has 6 heteroatoms. The average Bonchev–Trinajstić information content (AvgIpc) is 2.73. The second-order valence-electron chi connectivity index (χ2n) is 4.42. The van der Waals surface area contributed by atoms with Crippen molar-refractivity contribution >= 4 is 17.1 Å². The van der Waals surface area contributed by atoms with Crippen LogP contribution in [-0.2, 0) is 11.3 Å². The highest BCUT2D eigenvalue weighted by atomic mass is 16.4. The summed E-state index contributed by atoms with van der Waals surface area (Å²) in [5.41, 5.74) is 2.13. The van der Waals surface area contributed by atoms with Crippen LogP contribution in [0.3, 0.4) is 0 Å². The fraction of sp³-hybridized carbons (Fsp3) is 0.385. The van der Waals surface area contributed by atoms with E-state index in [1.54, 1.807) is 6.07 Å². The molecule has 0 aliphatic heterocycles. The van der Waals surface area contributed by atoms with Crippen LogP contribution in [-0.4, -0.2) is 22.6 Å². The van der Waals surface area contributed by atoms with E-state index >= 15 is 0 Å². The fourth-order valence-corrected chi connectivity index (χ4v) is 1.91. The number of H-pyrrole nitrogens is 1. The predicted octanol–water partition coefficient (Wildman–Crippen LogP) is 1.32. The SMILES string of the molecule is CCC(CNCc1ccc2oc(=O)[nH]c2c1)C(=O)O. The van der Waals surface area contributed by atoms with Gasteiger partial charge in [-0.05, 0) is 24.1 Å². The molecule has 0 aliphatic rings. The molecule has 102 valence electrons. The Morgan fingerprint density at radius 1 is 1.53 bits per heavy atom. The minimum atomic E-state index is -0.787. The second kappa shape index (κ2) is 5.71. The molecule has 2 rings (SSSR count). The minimum absolute atomic E-state index is 0.377. The molecule has 1 heterocycles. The van der Waals surface area contributed by atoms with Gasteiger partial charge in [-0.3, -0.25) is 9.78 Å². The number of carboxylic acids is 1. The van der Waals surface area contributed by atoms with Gasteiger partial charge in [0, 0.05) is 13.1 Å². The third-order valence-corrected chi connectivity index (χ3v) is 3.05. The number of nitrogens with one attached hydrogen (secondary N) is 2. The zero-order valence-corrected chi connectivity index (χ0v) is 10.6. The number of benzene rings is 1. The number of aromatic nitrogens is 1. The molecule has 1 aromatic heterocycles. The monoisotopic (exact) mass is 264 g/mol. The van der Waals surface area contributed by atoms with Crippen molar-refractivity contribution in [1.82, 2.24) is 10.3 Å². The van der Waals surface area contributed by atoms with Gasteiger partial charge in [-0.15, -0.1) is 0 Å². The molecule has 2 aromatic rings. The number of hydrogen-bond donors (Lipinski definition) is 3. The summed E-state index contributed by atoms with van der Waals surface area (Å²) < 4.78 is 4.91. The Kier molecular flexibility index (Phi) is 4.01. The first kappa shape index (κ1) is 13.4. The Labute approximate surface area is 109 Å².